The third kappa shape index (κ3) is 3.50. The van der Waals surface area contributed by atoms with Crippen molar-refractivity contribution in [3.05, 3.63) is 77.9 Å². The summed E-state index contributed by atoms with van der Waals surface area (Å²) >= 11 is 0. The minimum Gasteiger partial charge on any atom is -0.454 e. The van der Waals surface area contributed by atoms with Crippen LogP contribution in [0.15, 0.2) is 66.7 Å². The van der Waals surface area contributed by atoms with E-state index in [1.54, 1.807) is 13.1 Å². The molecule has 158 valence electrons. The van der Waals surface area contributed by atoms with Crippen LogP contribution < -0.4 is 20.1 Å². The molecule has 1 fully saturated rings. The zero-order valence-corrected chi connectivity index (χ0v) is 17.1. The average molecular weight is 416 g/mol. The van der Waals surface area contributed by atoms with Crippen LogP contribution in [0.5, 0.6) is 11.5 Å². The molecule has 1 saturated carbocycles. The van der Waals surface area contributed by atoms with Gasteiger partial charge >= 0.3 is 0 Å². The number of ether oxygens (including phenoxy) is 2. The molecule has 3 aromatic rings. The van der Waals surface area contributed by atoms with Crippen molar-refractivity contribution in [1.29, 1.82) is 0 Å². The SMILES string of the molecule is CNC(=O)c1cccc(-c2cccc(NC(=O)C3(c4ccc5c(c4)OCO5)CC3)c2)c1.[HH]. The van der Waals surface area contributed by atoms with Crippen LogP contribution in [-0.4, -0.2) is 25.7 Å². The number of carbonyl (C=O) groups excluding carboxylic acids is 2. The maximum atomic E-state index is 13.2. The molecule has 0 bridgehead atoms. The molecule has 0 unspecified atom stereocenters. The van der Waals surface area contributed by atoms with E-state index in [1.807, 2.05) is 60.7 Å². The number of hydrogen-bond acceptors (Lipinski definition) is 4. The van der Waals surface area contributed by atoms with Crippen molar-refractivity contribution >= 4 is 17.5 Å². The Bertz CT molecular complexity index is 1190. The molecule has 2 aliphatic rings. The molecular weight excluding hydrogens is 392 g/mol. The number of hydrogen-bond donors (Lipinski definition) is 2. The molecule has 5 rings (SSSR count). The number of amides is 2. The van der Waals surface area contributed by atoms with Crippen molar-refractivity contribution in [2.24, 2.45) is 0 Å². The maximum Gasteiger partial charge on any atom is 0.251 e. The molecular formula is C25H24N2O4. The molecule has 1 aliphatic heterocycles. The standard InChI is InChI=1S/C25H22N2O4.H2/c1-26-23(28)18-6-2-4-16(12-18)17-5-3-7-20(13-17)27-24(29)25(10-11-25)19-8-9-21-22(14-19)31-15-30-21;/h2-9,12-14H,10-11,15H2,1H3,(H,26,28)(H,27,29);1H. The molecule has 1 aliphatic carbocycles. The van der Waals surface area contributed by atoms with Gasteiger partial charge in [0.1, 0.15) is 0 Å². The van der Waals surface area contributed by atoms with Crippen molar-refractivity contribution in [2.45, 2.75) is 18.3 Å². The van der Waals surface area contributed by atoms with E-state index in [4.69, 9.17) is 9.47 Å². The Labute approximate surface area is 181 Å². The number of rotatable bonds is 5. The van der Waals surface area contributed by atoms with Crippen LogP contribution in [0.3, 0.4) is 0 Å². The van der Waals surface area contributed by atoms with Gasteiger partial charge in [-0.1, -0.05) is 30.3 Å². The van der Waals surface area contributed by atoms with Gasteiger partial charge in [0.15, 0.2) is 11.5 Å². The molecule has 0 spiro atoms. The smallest absolute Gasteiger partial charge is 0.251 e. The van der Waals surface area contributed by atoms with E-state index in [0.717, 1.165) is 35.2 Å². The number of benzene rings is 3. The highest BCUT2D eigenvalue weighted by Gasteiger charge is 2.51. The Hall–Kier alpha value is -3.80. The molecule has 6 heteroatoms. The Balaban J connectivity index is 0.00000245. The first-order valence-electron chi connectivity index (χ1n) is 10.2. The number of nitrogens with one attached hydrogen (secondary N) is 2. The summed E-state index contributed by atoms with van der Waals surface area (Å²) in [4.78, 5) is 25.1. The molecule has 2 amide bonds. The van der Waals surface area contributed by atoms with E-state index in [9.17, 15) is 9.59 Å². The van der Waals surface area contributed by atoms with Gasteiger partial charge in [0.05, 0.1) is 5.41 Å². The highest BCUT2D eigenvalue weighted by atomic mass is 16.7. The van der Waals surface area contributed by atoms with E-state index in [1.165, 1.54) is 0 Å². The first-order chi connectivity index (χ1) is 15.1. The van der Waals surface area contributed by atoms with Gasteiger partial charge in [-0.25, -0.2) is 0 Å². The number of fused-ring (bicyclic) bond motifs is 1. The summed E-state index contributed by atoms with van der Waals surface area (Å²) < 4.78 is 10.9. The first-order valence-corrected chi connectivity index (χ1v) is 10.2. The number of anilines is 1. The topological polar surface area (TPSA) is 76.7 Å². The molecule has 2 N–H and O–H groups in total. The van der Waals surface area contributed by atoms with Gasteiger partial charge in [-0.05, 0) is 65.9 Å². The summed E-state index contributed by atoms with van der Waals surface area (Å²) in [6.07, 6.45) is 1.60. The lowest BCUT2D eigenvalue weighted by Crippen LogP contribution is -2.27. The second-order valence-corrected chi connectivity index (χ2v) is 7.85. The fourth-order valence-corrected chi connectivity index (χ4v) is 3.98. The largest absolute Gasteiger partial charge is 0.454 e. The summed E-state index contributed by atoms with van der Waals surface area (Å²) in [5.41, 5.74) is 3.57. The second-order valence-electron chi connectivity index (χ2n) is 7.85. The summed E-state index contributed by atoms with van der Waals surface area (Å²) in [5, 5.41) is 5.72. The quantitative estimate of drug-likeness (QED) is 0.648. The monoisotopic (exact) mass is 416 g/mol. The lowest BCUT2D eigenvalue weighted by molar-refractivity contribution is -0.118. The van der Waals surface area contributed by atoms with Crippen LogP contribution >= 0.6 is 0 Å². The van der Waals surface area contributed by atoms with E-state index in [2.05, 4.69) is 10.6 Å². The van der Waals surface area contributed by atoms with Crippen LogP contribution in [0.4, 0.5) is 5.69 Å². The van der Waals surface area contributed by atoms with Gasteiger partial charge < -0.3 is 20.1 Å². The van der Waals surface area contributed by atoms with Crippen molar-refractivity contribution in [1.82, 2.24) is 5.32 Å². The van der Waals surface area contributed by atoms with Crippen molar-refractivity contribution in [2.75, 3.05) is 19.2 Å². The fourth-order valence-electron chi connectivity index (χ4n) is 3.98. The summed E-state index contributed by atoms with van der Waals surface area (Å²) in [6, 6.07) is 20.8. The van der Waals surface area contributed by atoms with Gasteiger partial charge in [0, 0.05) is 19.7 Å². The Morgan fingerprint density at radius 2 is 1.65 bits per heavy atom. The molecule has 6 nitrogen and oxygen atoms in total. The first kappa shape index (κ1) is 19.2. The summed E-state index contributed by atoms with van der Waals surface area (Å²) in [7, 11) is 1.61. The predicted octanol–water partition coefficient (Wildman–Crippen LogP) is 4.36. The van der Waals surface area contributed by atoms with E-state index in [0.29, 0.717) is 17.1 Å². The second kappa shape index (κ2) is 7.47. The molecule has 0 atom stereocenters. The average Bonchev–Trinajstić information content (AvgIpc) is 3.49. The molecule has 31 heavy (non-hydrogen) atoms. The van der Waals surface area contributed by atoms with Crippen LogP contribution in [0.25, 0.3) is 11.1 Å². The van der Waals surface area contributed by atoms with Crippen LogP contribution in [0, 0.1) is 0 Å². The minimum atomic E-state index is -0.532. The lowest BCUT2D eigenvalue weighted by Gasteiger charge is -2.17. The zero-order chi connectivity index (χ0) is 21.4. The van der Waals surface area contributed by atoms with Crippen LogP contribution in [-0.2, 0) is 10.2 Å². The Morgan fingerprint density at radius 3 is 2.42 bits per heavy atom. The molecule has 0 radical (unpaired) electrons. The highest BCUT2D eigenvalue weighted by Crippen LogP contribution is 2.51. The number of carbonyl (C=O) groups is 2. The van der Waals surface area contributed by atoms with Crippen molar-refractivity contribution in [3.63, 3.8) is 0 Å². The normalized spacial score (nSPS) is 15.3. The van der Waals surface area contributed by atoms with Gasteiger partial charge in [-0.2, -0.15) is 0 Å². The molecule has 1 heterocycles. The van der Waals surface area contributed by atoms with Crippen molar-refractivity contribution in [3.8, 4) is 22.6 Å². The maximum absolute atomic E-state index is 13.2. The highest BCUT2D eigenvalue weighted by molar-refractivity contribution is 6.02. The van der Waals surface area contributed by atoms with Crippen LogP contribution in [0.1, 0.15) is 30.2 Å². The van der Waals surface area contributed by atoms with Gasteiger partial charge in [0.25, 0.3) is 5.91 Å². The summed E-state index contributed by atoms with van der Waals surface area (Å²) in [6.45, 7) is 0.214. The van der Waals surface area contributed by atoms with Crippen LogP contribution in [0.2, 0.25) is 0 Å². The predicted molar refractivity (Wildman–Crippen MR) is 119 cm³/mol. The Morgan fingerprint density at radius 1 is 0.903 bits per heavy atom. The van der Waals surface area contributed by atoms with Gasteiger partial charge in [0.2, 0.25) is 12.7 Å². The lowest BCUT2D eigenvalue weighted by atomic mass is 9.94. The molecule has 3 aromatic carbocycles. The Kier molecular flexibility index (Phi) is 4.62. The summed E-state index contributed by atoms with van der Waals surface area (Å²) in [5.74, 6) is 1.24. The molecule has 0 saturated heterocycles. The van der Waals surface area contributed by atoms with E-state index >= 15 is 0 Å². The fraction of sp³-hybridized carbons (Fsp3) is 0.200. The third-order valence-corrected chi connectivity index (χ3v) is 5.92. The zero-order valence-electron chi connectivity index (χ0n) is 17.1. The van der Waals surface area contributed by atoms with Crippen molar-refractivity contribution < 1.29 is 20.5 Å². The van der Waals surface area contributed by atoms with E-state index < -0.39 is 5.41 Å². The van der Waals surface area contributed by atoms with Gasteiger partial charge in [-0.15, -0.1) is 0 Å². The molecule has 0 aromatic heterocycles. The van der Waals surface area contributed by atoms with Gasteiger partial charge in [-0.3, -0.25) is 9.59 Å². The van der Waals surface area contributed by atoms with E-state index in [-0.39, 0.29) is 20.0 Å². The minimum absolute atomic E-state index is 0. The third-order valence-electron chi connectivity index (χ3n) is 5.92.